The highest BCUT2D eigenvalue weighted by Crippen LogP contribution is 2.13. The molecule has 0 aromatic heterocycles. The van der Waals surface area contributed by atoms with Gasteiger partial charge in [0.2, 0.25) is 0 Å². The average Bonchev–Trinajstić information content (AvgIpc) is 2.48. The topological polar surface area (TPSA) is 35.6 Å². The number of unbranched alkanes of at least 4 members (excludes halogenated alkanes) is 1. The van der Waals surface area contributed by atoms with Gasteiger partial charge in [0.15, 0.2) is 0 Å². The highest BCUT2D eigenvalue weighted by molar-refractivity contribution is 6.30. The molecule has 0 aliphatic rings. The molecule has 1 rings (SSSR count). The number of nitrogens with one attached hydrogen (secondary N) is 1. The largest absolute Gasteiger partial charge is 0.336 e. The molecule has 4 nitrogen and oxygen atoms in total. The summed E-state index contributed by atoms with van der Waals surface area (Å²) >= 11 is 6.03. The van der Waals surface area contributed by atoms with Crippen LogP contribution in [0.25, 0.3) is 0 Å². The van der Waals surface area contributed by atoms with Crippen molar-refractivity contribution in [3.8, 4) is 0 Å². The van der Waals surface area contributed by atoms with Gasteiger partial charge in [0.1, 0.15) is 0 Å². The predicted molar refractivity (Wildman–Crippen MR) is 93.3 cm³/mol. The predicted octanol–water partition coefficient (Wildman–Crippen LogP) is 3.60. The Morgan fingerprint density at radius 3 is 2.68 bits per heavy atom. The lowest BCUT2D eigenvalue weighted by Crippen LogP contribution is -2.45. The van der Waals surface area contributed by atoms with Gasteiger partial charge in [-0.3, -0.25) is 0 Å². The zero-order chi connectivity index (χ0) is 16.5. The Hall–Kier alpha value is -1.26. The zero-order valence-corrected chi connectivity index (χ0v) is 14.9. The summed E-state index contributed by atoms with van der Waals surface area (Å²) in [5, 5.41) is 3.72. The van der Waals surface area contributed by atoms with Crippen LogP contribution in [0, 0.1) is 0 Å². The van der Waals surface area contributed by atoms with E-state index in [9.17, 15) is 4.79 Å². The Kier molecular flexibility index (Phi) is 8.28. The molecule has 5 heteroatoms. The van der Waals surface area contributed by atoms with Crippen molar-refractivity contribution < 1.29 is 4.79 Å². The second-order valence-corrected chi connectivity index (χ2v) is 6.34. The number of carbonyl (C=O) groups excluding carboxylic acids is 1. The van der Waals surface area contributed by atoms with Gasteiger partial charge in [-0.25, -0.2) is 4.79 Å². The molecule has 1 N–H and O–H groups in total. The number of carbonyl (C=O) groups is 1. The van der Waals surface area contributed by atoms with Crippen LogP contribution in [-0.4, -0.2) is 49.1 Å². The third kappa shape index (κ3) is 6.67. The molecule has 2 amide bonds. The van der Waals surface area contributed by atoms with Crippen LogP contribution in [0.3, 0.4) is 0 Å². The number of hydrogen-bond acceptors (Lipinski definition) is 2. The first kappa shape index (κ1) is 18.8. The van der Waals surface area contributed by atoms with Crippen molar-refractivity contribution in [3.05, 3.63) is 34.9 Å². The maximum Gasteiger partial charge on any atom is 0.317 e. The fraction of sp³-hybridized carbons (Fsp3) is 0.588. The van der Waals surface area contributed by atoms with Crippen LogP contribution in [0.1, 0.15) is 32.3 Å². The molecule has 0 aliphatic heterocycles. The van der Waals surface area contributed by atoms with Crippen LogP contribution in [0.4, 0.5) is 4.79 Å². The third-order valence-electron chi connectivity index (χ3n) is 3.76. The molecular weight excluding hydrogens is 298 g/mol. The van der Waals surface area contributed by atoms with Crippen molar-refractivity contribution in [2.24, 2.45) is 0 Å². The molecule has 1 aromatic carbocycles. The van der Waals surface area contributed by atoms with Crippen LogP contribution in [0.5, 0.6) is 0 Å². The molecule has 0 saturated heterocycles. The molecule has 0 fully saturated rings. The maximum atomic E-state index is 12.4. The van der Waals surface area contributed by atoms with E-state index in [0.717, 1.165) is 24.9 Å². The molecule has 0 aliphatic carbocycles. The number of urea groups is 1. The minimum Gasteiger partial charge on any atom is -0.336 e. The fourth-order valence-corrected chi connectivity index (χ4v) is 2.20. The number of benzene rings is 1. The summed E-state index contributed by atoms with van der Waals surface area (Å²) in [4.78, 5) is 16.4. The Bertz CT molecular complexity index is 465. The Morgan fingerprint density at radius 1 is 1.36 bits per heavy atom. The highest BCUT2D eigenvalue weighted by atomic mass is 35.5. The SMILES string of the molecule is CCCCN(Cc1cccc(Cl)c1)C(=O)NC[C@H](C)N(C)C. The van der Waals surface area contributed by atoms with Crippen molar-refractivity contribution in [2.45, 2.75) is 39.3 Å². The van der Waals surface area contributed by atoms with Crippen molar-refractivity contribution in [1.29, 1.82) is 0 Å². The van der Waals surface area contributed by atoms with Crippen molar-refractivity contribution in [3.63, 3.8) is 0 Å². The maximum absolute atomic E-state index is 12.4. The van der Waals surface area contributed by atoms with Crippen LogP contribution in [-0.2, 0) is 6.54 Å². The van der Waals surface area contributed by atoms with E-state index in [1.807, 2.05) is 43.3 Å². The van der Waals surface area contributed by atoms with Crippen LogP contribution in [0.15, 0.2) is 24.3 Å². The first-order valence-electron chi connectivity index (χ1n) is 7.87. The molecular formula is C17H28ClN3O. The van der Waals surface area contributed by atoms with Gasteiger partial charge in [0.05, 0.1) is 0 Å². The van der Waals surface area contributed by atoms with Crippen LogP contribution >= 0.6 is 11.6 Å². The lowest BCUT2D eigenvalue weighted by atomic mass is 10.2. The van der Waals surface area contributed by atoms with Gasteiger partial charge in [0.25, 0.3) is 0 Å². The summed E-state index contributed by atoms with van der Waals surface area (Å²) in [6.45, 7) is 6.20. The molecule has 0 spiro atoms. The lowest BCUT2D eigenvalue weighted by Gasteiger charge is -2.26. The molecule has 0 bridgehead atoms. The molecule has 0 unspecified atom stereocenters. The Labute approximate surface area is 139 Å². The molecule has 0 radical (unpaired) electrons. The molecule has 0 heterocycles. The number of halogens is 1. The molecule has 0 saturated carbocycles. The van der Waals surface area contributed by atoms with E-state index < -0.39 is 0 Å². The third-order valence-corrected chi connectivity index (χ3v) is 4.00. The van der Waals surface area contributed by atoms with E-state index in [1.54, 1.807) is 0 Å². The van der Waals surface area contributed by atoms with E-state index in [-0.39, 0.29) is 6.03 Å². The number of amides is 2. The van der Waals surface area contributed by atoms with Gasteiger partial charge in [-0.05, 0) is 45.1 Å². The number of likely N-dealkylation sites (N-methyl/N-ethyl adjacent to an activating group) is 1. The Balaban J connectivity index is 2.64. The van der Waals surface area contributed by atoms with Crippen molar-refractivity contribution in [1.82, 2.24) is 15.1 Å². The Morgan fingerprint density at radius 2 is 2.09 bits per heavy atom. The summed E-state index contributed by atoms with van der Waals surface area (Å²) in [6, 6.07) is 7.98. The average molecular weight is 326 g/mol. The molecule has 124 valence electrons. The standard InChI is InChI=1S/C17H28ClN3O/c1-5-6-10-21(13-15-8-7-9-16(18)11-15)17(22)19-12-14(2)20(3)4/h7-9,11,14H,5-6,10,12-13H2,1-4H3,(H,19,22)/t14-/m0/s1. The summed E-state index contributed by atoms with van der Waals surface area (Å²) in [5.74, 6) is 0. The summed E-state index contributed by atoms with van der Waals surface area (Å²) in [7, 11) is 4.02. The minimum atomic E-state index is -0.0119. The van der Waals surface area contributed by atoms with E-state index >= 15 is 0 Å². The van der Waals surface area contributed by atoms with Gasteiger partial charge in [0, 0.05) is 30.7 Å². The molecule has 1 atom stereocenters. The highest BCUT2D eigenvalue weighted by Gasteiger charge is 2.15. The van der Waals surface area contributed by atoms with Crippen LogP contribution < -0.4 is 5.32 Å². The van der Waals surface area contributed by atoms with Gasteiger partial charge >= 0.3 is 6.03 Å². The number of nitrogens with zero attached hydrogens (tertiary/aromatic N) is 2. The molecule has 22 heavy (non-hydrogen) atoms. The molecule has 1 aromatic rings. The smallest absolute Gasteiger partial charge is 0.317 e. The normalized spacial score (nSPS) is 12.3. The van der Waals surface area contributed by atoms with Gasteiger partial charge in [-0.2, -0.15) is 0 Å². The number of rotatable bonds is 8. The summed E-state index contributed by atoms with van der Waals surface area (Å²) < 4.78 is 0. The second-order valence-electron chi connectivity index (χ2n) is 5.90. The van der Waals surface area contributed by atoms with E-state index in [0.29, 0.717) is 24.2 Å². The lowest BCUT2D eigenvalue weighted by molar-refractivity contribution is 0.190. The first-order valence-corrected chi connectivity index (χ1v) is 8.25. The minimum absolute atomic E-state index is 0.0119. The van der Waals surface area contributed by atoms with Gasteiger partial charge in [-0.1, -0.05) is 37.1 Å². The number of hydrogen-bond donors (Lipinski definition) is 1. The zero-order valence-electron chi connectivity index (χ0n) is 14.1. The van der Waals surface area contributed by atoms with Crippen molar-refractivity contribution >= 4 is 17.6 Å². The van der Waals surface area contributed by atoms with E-state index in [2.05, 4.69) is 24.1 Å². The van der Waals surface area contributed by atoms with E-state index in [4.69, 9.17) is 11.6 Å². The second kappa shape index (κ2) is 9.70. The van der Waals surface area contributed by atoms with Gasteiger partial charge in [-0.15, -0.1) is 0 Å². The summed E-state index contributed by atoms with van der Waals surface area (Å²) in [5.41, 5.74) is 1.06. The fourth-order valence-electron chi connectivity index (χ4n) is 1.99. The summed E-state index contributed by atoms with van der Waals surface area (Å²) in [6.07, 6.45) is 2.06. The van der Waals surface area contributed by atoms with Gasteiger partial charge < -0.3 is 15.1 Å². The van der Waals surface area contributed by atoms with E-state index in [1.165, 1.54) is 0 Å². The first-order chi connectivity index (χ1) is 10.4. The monoisotopic (exact) mass is 325 g/mol. The van der Waals surface area contributed by atoms with Crippen molar-refractivity contribution in [2.75, 3.05) is 27.2 Å². The quantitative estimate of drug-likeness (QED) is 0.792. The van der Waals surface area contributed by atoms with Crippen LogP contribution in [0.2, 0.25) is 5.02 Å².